The van der Waals surface area contributed by atoms with Gasteiger partial charge in [-0.25, -0.2) is 4.79 Å². The Morgan fingerprint density at radius 2 is 1.88 bits per heavy atom. The number of nitrogens with two attached hydrogens (primary N) is 1. The lowest BCUT2D eigenvalue weighted by Crippen LogP contribution is -2.34. The van der Waals surface area contributed by atoms with Crippen LogP contribution in [0.5, 0.6) is 5.75 Å². The highest BCUT2D eigenvalue weighted by Gasteiger charge is 2.18. The number of rotatable bonds is 8. The molecule has 3 N–H and O–H groups in total. The van der Waals surface area contributed by atoms with E-state index in [9.17, 15) is 9.59 Å². The molecule has 0 unspecified atom stereocenters. The fraction of sp³-hybridized carbons (Fsp3) is 0.263. The summed E-state index contributed by atoms with van der Waals surface area (Å²) < 4.78 is 10.7. The summed E-state index contributed by atoms with van der Waals surface area (Å²) in [6, 6.07) is 13.1. The van der Waals surface area contributed by atoms with E-state index in [-0.39, 0.29) is 19.6 Å². The van der Waals surface area contributed by atoms with Gasteiger partial charge in [0.15, 0.2) is 0 Å². The second-order valence-electron chi connectivity index (χ2n) is 5.70. The van der Waals surface area contributed by atoms with Crippen LogP contribution in [0.4, 0.5) is 4.79 Å². The van der Waals surface area contributed by atoms with E-state index >= 15 is 0 Å². The molecule has 138 valence electrons. The summed E-state index contributed by atoms with van der Waals surface area (Å²) in [5.41, 5.74) is 6.98. The molecule has 0 fully saturated rings. The van der Waals surface area contributed by atoms with Crippen LogP contribution in [0.15, 0.2) is 48.5 Å². The molecule has 0 aromatic heterocycles. The van der Waals surface area contributed by atoms with Crippen LogP contribution in [0.3, 0.4) is 0 Å². The lowest BCUT2D eigenvalue weighted by atomic mass is 10.0. The molecule has 0 aliphatic rings. The van der Waals surface area contributed by atoms with Gasteiger partial charge in [0.2, 0.25) is 0 Å². The number of nitrogens with one attached hydrogen (secondary N) is 1. The number of esters is 1. The highest BCUT2D eigenvalue weighted by molar-refractivity contribution is 6.30. The minimum absolute atomic E-state index is 0.0466. The maximum Gasteiger partial charge on any atom is 0.312 e. The van der Waals surface area contributed by atoms with Crippen LogP contribution in [0, 0.1) is 6.92 Å². The first-order valence-corrected chi connectivity index (χ1v) is 8.48. The number of aryl methyl sites for hydroxylation is 1. The van der Waals surface area contributed by atoms with Crippen molar-refractivity contribution in [2.24, 2.45) is 5.73 Å². The molecule has 2 aromatic carbocycles. The summed E-state index contributed by atoms with van der Waals surface area (Å²) in [6.45, 7) is 2.32. The van der Waals surface area contributed by atoms with Gasteiger partial charge in [-0.1, -0.05) is 35.9 Å². The van der Waals surface area contributed by atoms with Gasteiger partial charge in [-0.3, -0.25) is 4.79 Å². The van der Waals surface area contributed by atoms with Crippen molar-refractivity contribution in [2.45, 2.75) is 19.4 Å². The SMILES string of the molecule is Cc1cccc(OCCOC(=O)C[C@@H](NC(N)=O)c2ccc(Cl)cc2)c1. The normalized spacial score (nSPS) is 11.5. The summed E-state index contributed by atoms with van der Waals surface area (Å²) in [5.74, 6) is 0.252. The summed E-state index contributed by atoms with van der Waals surface area (Å²) in [4.78, 5) is 23.2. The fourth-order valence-corrected chi connectivity index (χ4v) is 2.49. The van der Waals surface area contributed by atoms with E-state index in [0.29, 0.717) is 10.6 Å². The monoisotopic (exact) mass is 376 g/mol. The summed E-state index contributed by atoms with van der Waals surface area (Å²) >= 11 is 5.86. The van der Waals surface area contributed by atoms with E-state index in [2.05, 4.69) is 5.32 Å². The minimum atomic E-state index is -0.722. The standard InChI is InChI=1S/C19H21ClN2O4/c1-13-3-2-4-16(11-13)25-9-10-26-18(23)12-17(22-19(21)24)14-5-7-15(20)8-6-14/h2-8,11,17H,9-10,12H2,1H3,(H3,21,22,24)/t17-/m1/s1. The van der Waals surface area contributed by atoms with Crippen molar-refractivity contribution in [1.82, 2.24) is 5.32 Å². The van der Waals surface area contributed by atoms with Gasteiger partial charge in [0, 0.05) is 5.02 Å². The van der Waals surface area contributed by atoms with E-state index in [1.165, 1.54) is 0 Å². The molecule has 0 saturated carbocycles. The number of hydrogen-bond acceptors (Lipinski definition) is 4. The van der Waals surface area contributed by atoms with Crippen LogP contribution >= 0.6 is 11.6 Å². The van der Waals surface area contributed by atoms with Crippen LogP contribution in [0.25, 0.3) is 0 Å². The third-order valence-electron chi connectivity index (χ3n) is 3.56. The average molecular weight is 377 g/mol. The lowest BCUT2D eigenvalue weighted by molar-refractivity contribution is -0.144. The molecule has 0 spiro atoms. The molecular weight excluding hydrogens is 356 g/mol. The summed E-state index contributed by atoms with van der Waals surface area (Å²) in [6.07, 6.45) is -0.0466. The first-order valence-electron chi connectivity index (χ1n) is 8.10. The number of ether oxygens (including phenoxy) is 2. The Hall–Kier alpha value is -2.73. The molecule has 26 heavy (non-hydrogen) atoms. The van der Waals surface area contributed by atoms with Crippen molar-refractivity contribution in [3.63, 3.8) is 0 Å². The molecular formula is C19H21ClN2O4. The number of benzene rings is 2. The smallest absolute Gasteiger partial charge is 0.312 e. The van der Waals surface area contributed by atoms with Gasteiger partial charge in [0.05, 0.1) is 12.5 Å². The van der Waals surface area contributed by atoms with Crippen molar-refractivity contribution >= 4 is 23.6 Å². The largest absolute Gasteiger partial charge is 0.490 e. The van der Waals surface area contributed by atoms with Gasteiger partial charge in [-0.15, -0.1) is 0 Å². The first kappa shape index (κ1) is 19.6. The molecule has 7 heteroatoms. The first-order chi connectivity index (χ1) is 12.4. The van der Waals surface area contributed by atoms with E-state index in [4.69, 9.17) is 26.8 Å². The maximum atomic E-state index is 12.0. The van der Waals surface area contributed by atoms with Gasteiger partial charge < -0.3 is 20.5 Å². The summed E-state index contributed by atoms with van der Waals surface area (Å²) in [5, 5.41) is 3.09. The highest BCUT2D eigenvalue weighted by atomic mass is 35.5. The van der Waals surface area contributed by atoms with Gasteiger partial charge in [-0.05, 0) is 42.3 Å². The zero-order valence-corrected chi connectivity index (χ0v) is 15.2. The minimum Gasteiger partial charge on any atom is -0.490 e. The molecule has 0 heterocycles. The Kier molecular flexibility index (Phi) is 7.29. The molecule has 2 rings (SSSR count). The Morgan fingerprint density at radius 1 is 1.15 bits per heavy atom. The molecule has 0 radical (unpaired) electrons. The van der Waals surface area contributed by atoms with Gasteiger partial charge >= 0.3 is 12.0 Å². The Labute approximate surface area is 157 Å². The predicted octanol–water partition coefficient (Wildman–Crippen LogP) is 3.37. The van der Waals surface area contributed by atoms with Crippen molar-refractivity contribution < 1.29 is 19.1 Å². The molecule has 2 amide bonds. The Morgan fingerprint density at radius 3 is 2.54 bits per heavy atom. The number of carbonyl (C=O) groups is 2. The van der Waals surface area contributed by atoms with E-state index in [0.717, 1.165) is 11.3 Å². The number of hydrogen-bond donors (Lipinski definition) is 2. The fourth-order valence-electron chi connectivity index (χ4n) is 2.36. The molecule has 0 saturated heterocycles. The van der Waals surface area contributed by atoms with Crippen LogP contribution in [-0.4, -0.2) is 25.2 Å². The number of carbonyl (C=O) groups excluding carboxylic acids is 2. The van der Waals surface area contributed by atoms with Crippen LogP contribution in [-0.2, 0) is 9.53 Å². The number of amides is 2. The Balaban J connectivity index is 1.82. The summed E-state index contributed by atoms with van der Waals surface area (Å²) in [7, 11) is 0. The van der Waals surface area contributed by atoms with Crippen molar-refractivity contribution in [3.05, 3.63) is 64.7 Å². The second-order valence-corrected chi connectivity index (χ2v) is 6.14. The van der Waals surface area contributed by atoms with Gasteiger partial charge in [0.1, 0.15) is 19.0 Å². The Bertz CT molecular complexity index is 749. The van der Waals surface area contributed by atoms with Gasteiger partial charge in [0.25, 0.3) is 0 Å². The van der Waals surface area contributed by atoms with E-state index in [1.807, 2.05) is 31.2 Å². The third kappa shape index (κ3) is 6.64. The quantitative estimate of drug-likeness (QED) is 0.546. The van der Waals surface area contributed by atoms with Crippen molar-refractivity contribution in [2.75, 3.05) is 13.2 Å². The average Bonchev–Trinajstić information content (AvgIpc) is 2.58. The third-order valence-corrected chi connectivity index (χ3v) is 3.82. The molecule has 1 atom stereocenters. The van der Waals surface area contributed by atoms with Crippen molar-refractivity contribution in [1.29, 1.82) is 0 Å². The molecule has 0 aliphatic heterocycles. The van der Waals surface area contributed by atoms with Gasteiger partial charge in [-0.2, -0.15) is 0 Å². The number of halogens is 1. The van der Waals surface area contributed by atoms with E-state index in [1.54, 1.807) is 24.3 Å². The van der Waals surface area contributed by atoms with Crippen molar-refractivity contribution in [3.8, 4) is 5.75 Å². The van der Waals surface area contributed by atoms with Crippen LogP contribution in [0.1, 0.15) is 23.6 Å². The molecule has 2 aromatic rings. The zero-order chi connectivity index (χ0) is 18.9. The predicted molar refractivity (Wildman–Crippen MR) is 99.2 cm³/mol. The number of urea groups is 1. The van der Waals surface area contributed by atoms with E-state index < -0.39 is 18.0 Å². The molecule has 0 bridgehead atoms. The molecule has 6 nitrogen and oxygen atoms in total. The zero-order valence-electron chi connectivity index (χ0n) is 14.4. The number of primary amides is 1. The lowest BCUT2D eigenvalue weighted by Gasteiger charge is -2.17. The highest BCUT2D eigenvalue weighted by Crippen LogP contribution is 2.20. The molecule has 0 aliphatic carbocycles. The van der Waals surface area contributed by atoms with Crippen LogP contribution < -0.4 is 15.8 Å². The second kappa shape index (κ2) is 9.68. The van der Waals surface area contributed by atoms with Crippen LogP contribution in [0.2, 0.25) is 5.02 Å². The maximum absolute atomic E-state index is 12.0. The topological polar surface area (TPSA) is 90.7 Å².